The van der Waals surface area contributed by atoms with E-state index in [0.29, 0.717) is 0 Å². The Kier molecular flexibility index (Phi) is 6.96. The summed E-state index contributed by atoms with van der Waals surface area (Å²) in [5, 5.41) is 4.48. The van der Waals surface area contributed by atoms with Crippen LogP contribution in [0, 0.1) is 6.92 Å². The Morgan fingerprint density at radius 2 is 1.05 bits per heavy atom. The lowest BCUT2D eigenvalue weighted by Gasteiger charge is -2.34. The van der Waals surface area contributed by atoms with Crippen LogP contribution in [0.2, 0.25) is 0 Å². The molecule has 0 atom stereocenters. The predicted molar refractivity (Wildman–Crippen MR) is 166 cm³/mol. The van der Waals surface area contributed by atoms with Crippen LogP contribution < -0.4 is 14.9 Å². The SMILES string of the molecule is Cc1ccc(N(c2ccccc2)c2ccc(-c3ccc(N4CC=CC=CN4c4ccccc4)cc3)cc2)cc1. The van der Waals surface area contributed by atoms with Crippen LogP contribution >= 0.6 is 0 Å². The van der Waals surface area contributed by atoms with Gasteiger partial charge in [-0.15, -0.1) is 0 Å². The van der Waals surface area contributed by atoms with Crippen molar-refractivity contribution in [3.8, 4) is 11.1 Å². The number of para-hydroxylation sites is 2. The Balaban J connectivity index is 1.27. The summed E-state index contributed by atoms with van der Waals surface area (Å²) >= 11 is 0. The second-order valence-corrected chi connectivity index (χ2v) is 9.63. The van der Waals surface area contributed by atoms with Crippen molar-refractivity contribution >= 4 is 28.4 Å². The maximum Gasteiger partial charge on any atom is 0.0625 e. The van der Waals surface area contributed by atoms with Crippen molar-refractivity contribution in [3.63, 3.8) is 0 Å². The fourth-order valence-corrected chi connectivity index (χ4v) is 4.92. The van der Waals surface area contributed by atoms with Crippen LogP contribution in [0.15, 0.2) is 158 Å². The summed E-state index contributed by atoms with van der Waals surface area (Å²) in [5.74, 6) is 0. The Bertz CT molecular complexity index is 1550. The molecule has 0 saturated heterocycles. The number of nitrogens with zero attached hydrogens (tertiary/aromatic N) is 3. The first-order valence-electron chi connectivity index (χ1n) is 13.3. The van der Waals surface area contributed by atoms with E-state index in [2.05, 4.69) is 174 Å². The highest BCUT2D eigenvalue weighted by atomic mass is 15.6. The molecule has 6 rings (SSSR count). The molecule has 0 spiro atoms. The van der Waals surface area contributed by atoms with Gasteiger partial charge in [-0.3, -0.25) is 10.0 Å². The van der Waals surface area contributed by atoms with E-state index in [1.54, 1.807) is 0 Å². The molecule has 190 valence electrons. The molecule has 1 heterocycles. The number of hydrogen-bond donors (Lipinski definition) is 0. The van der Waals surface area contributed by atoms with Gasteiger partial charge >= 0.3 is 0 Å². The zero-order valence-electron chi connectivity index (χ0n) is 22.1. The van der Waals surface area contributed by atoms with Crippen molar-refractivity contribution in [2.45, 2.75) is 6.92 Å². The van der Waals surface area contributed by atoms with Gasteiger partial charge in [0.2, 0.25) is 0 Å². The quantitative estimate of drug-likeness (QED) is 0.227. The number of hydrazine groups is 1. The zero-order chi connectivity index (χ0) is 26.4. The molecule has 3 nitrogen and oxygen atoms in total. The van der Waals surface area contributed by atoms with E-state index in [-0.39, 0.29) is 0 Å². The summed E-state index contributed by atoms with van der Waals surface area (Å²) < 4.78 is 0. The Morgan fingerprint density at radius 3 is 1.69 bits per heavy atom. The summed E-state index contributed by atoms with van der Waals surface area (Å²) in [6.45, 7) is 2.92. The van der Waals surface area contributed by atoms with E-state index in [9.17, 15) is 0 Å². The smallest absolute Gasteiger partial charge is 0.0625 e. The minimum Gasteiger partial charge on any atom is -0.311 e. The molecule has 0 saturated carbocycles. The van der Waals surface area contributed by atoms with Gasteiger partial charge < -0.3 is 4.90 Å². The van der Waals surface area contributed by atoms with Crippen LogP contribution in [0.3, 0.4) is 0 Å². The minimum atomic E-state index is 0.796. The average molecular weight is 506 g/mol. The standard InChI is InChI=1S/C36H31N3/c1-29-15-21-35(22-16-29)39(34-13-7-3-8-14-34)36-25-19-31(20-26-36)30-17-23-33(24-18-30)38-28-10-4-9-27-37(38)32-11-5-2-6-12-32/h2-27H,28H2,1H3. The number of hydrogen-bond acceptors (Lipinski definition) is 3. The van der Waals surface area contributed by atoms with E-state index in [1.807, 2.05) is 6.07 Å². The molecule has 1 aliphatic heterocycles. The topological polar surface area (TPSA) is 9.72 Å². The van der Waals surface area contributed by atoms with Gasteiger partial charge in [0.15, 0.2) is 0 Å². The molecule has 0 unspecified atom stereocenters. The molecule has 39 heavy (non-hydrogen) atoms. The summed E-state index contributed by atoms with van der Waals surface area (Å²) in [5.41, 5.74) is 9.33. The van der Waals surface area contributed by atoms with Crippen LogP contribution in [0.4, 0.5) is 28.4 Å². The number of aryl methyl sites for hydroxylation is 1. The molecule has 0 N–H and O–H groups in total. The van der Waals surface area contributed by atoms with E-state index >= 15 is 0 Å². The largest absolute Gasteiger partial charge is 0.311 e. The van der Waals surface area contributed by atoms with E-state index in [0.717, 1.165) is 35.0 Å². The van der Waals surface area contributed by atoms with Crippen molar-refractivity contribution < 1.29 is 0 Å². The van der Waals surface area contributed by atoms with Crippen LogP contribution in [0.1, 0.15) is 5.56 Å². The van der Waals surface area contributed by atoms with Crippen molar-refractivity contribution in [2.75, 3.05) is 21.5 Å². The summed E-state index contributed by atoms with van der Waals surface area (Å²) in [4.78, 5) is 2.30. The van der Waals surface area contributed by atoms with Gasteiger partial charge in [-0.25, -0.2) is 0 Å². The Hall–Kier alpha value is -5.02. The highest BCUT2D eigenvalue weighted by Gasteiger charge is 2.16. The second kappa shape index (κ2) is 11.2. The Labute approximate surface area is 231 Å². The van der Waals surface area contributed by atoms with Gasteiger partial charge in [0.25, 0.3) is 0 Å². The minimum absolute atomic E-state index is 0.796. The fourth-order valence-electron chi connectivity index (χ4n) is 4.92. The summed E-state index contributed by atoms with van der Waals surface area (Å²) in [7, 11) is 0. The normalized spacial score (nSPS) is 12.8. The number of anilines is 5. The van der Waals surface area contributed by atoms with Gasteiger partial charge in [-0.05, 0) is 84.8 Å². The predicted octanol–water partition coefficient (Wildman–Crippen LogP) is 9.44. The third-order valence-corrected chi connectivity index (χ3v) is 6.96. The first kappa shape index (κ1) is 24.3. The first-order valence-corrected chi connectivity index (χ1v) is 13.3. The van der Waals surface area contributed by atoms with Crippen LogP contribution in [0.25, 0.3) is 11.1 Å². The first-order chi connectivity index (χ1) is 19.3. The average Bonchev–Trinajstić information content (AvgIpc) is 3.26. The molecule has 5 aromatic carbocycles. The Morgan fingerprint density at radius 1 is 0.513 bits per heavy atom. The van der Waals surface area contributed by atoms with Gasteiger partial charge in [-0.2, -0.15) is 0 Å². The third kappa shape index (κ3) is 5.34. The molecule has 0 aliphatic carbocycles. The van der Waals surface area contributed by atoms with Gasteiger partial charge in [0, 0.05) is 23.3 Å². The molecule has 1 aliphatic rings. The maximum absolute atomic E-state index is 2.30. The molecule has 0 aromatic heterocycles. The maximum atomic E-state index is 2.30. The summed E-state index contributed by atoms with van der Waals surface area (Å²) in [6.07, 6.45) is 8.47. The second-order valence-electron chi connectivity index (χ2n) is 9.63. The number of benzene rings is 5. The van der Waals surface area contributed by atoms with E-state index < -0.39 is 0 Å². The fraction of sp³-hybridized carbons (Fsp3) is 0.0556. The van der Waals surface area contributed by atoms with Crippen LogP contribution in [-0.4, -0.2) is 6.54 Å². The highest BCUT2D eigenvalue weighted by Crippen LogP contribution is 2.36. The van der Waals surface area contributed by atoms with Gasteiger partial charge in [0.1, 0.15) is 0 Å². The summed E-state index contributed by atoms with van der Waals surface area (Å²) in [6, 6.07) is 47.3. The molecular formula is C36H31N3. The van der Waals surface area contributed by atoms with E-state index in [1.165, 1.54) is 16.7 Å². The lowest BCUT2D eigenvalue weighted by atomic mass is 10.0. The molecule has 0 bridgehead atoms. The van der Waals surface area contributed by atoms with Crippen molar-refractivity contribution in [1.82, 2.24) is 0 Å². The third-order valence-electron chi connectivity index (χ3n) is 6.96. The zero-order valence-corrected chi connectivity index (χ0v) is 22.1. The van der Waals surface area contributed by atoms with Crippen LogP contribution in [-0.2, 0) is 0 Å². The molecule has 0 radical (unpaired) electrons. The van der Waals surface area contributed by atoms with Crippen molar-refractivity contribution in [2.24, 2.45) is 0 Å². The van der Waals surface area contributed by atoms with Crippen molar-refractivity contribution in [1.29, 1.82) is 0 Å². The molecule has 3 heteroatoms. The monoisotopic (exact) mass is 505 g/mol. The molecular weight excluding hydrogens is 474 g/mol. The van der Waals surface area contributed by atoms with Gasteiger partial charge in [0.05, 0.1) is 17.9 Å². The lowest BCUT2D eigenvalue weighted by molar-refractivity contribution is 0.880. The molecule has 0 amide bonds. The molecule has 5 aromatic rings. The molecule has 0 fully saturated rings. The van der Waals surface area contributed by atoms with Gasteiger partial charge in [-0.1, -0.05) is 90.5 Å². The lowest BCUT2D eigenvalue weighted by Crippen LogP contribution is -2.39. The van der Waals surface area contributed by atoms with E-state index in [4.69, 9.17) is 0 Å². The number of allylic oxidation sites excluding steroid dienone is 2. The number of rotatable bonds is 6. The van der Waals surface area contributed by atoms with Crippen LogP contribution in [0.5, 0.6) is 0 Å². The highest BCUT2D eigenvalue weighted by molar-refractivity contribution is 5.78. The van der Waals surface area contributed by atoms with Crippen molar-refractivity contribution in [3.05, 3.63) is 163 Å².